The molecule has 8 N–H and O–H groups in total. The summed E-state index contributed by atoms with van der Waals surface area (Å²) in [5, 5.41) is 37.0. The molecule has 3 aliphatic heterocycles. The van der Waals surface area contributed by atoms with Crippen molar-refractivity contribution in [3.63, 3.8) is 0 Å². The molecule has 10 saturated carbocycles. The van der Waals surface area contributed by atoms with Crippen LogP contribution in [0, 0.1) is 61.8 Å². The molecule has 0 aromatic carbocycles. The van der Waals surface area contributed by atoms with Crippen molar-refractivity contribution in [3.8, 4) is 18.0 Å². The van der Waals surface area contributed by atoms with Crippen LogP contribution in [0.4, 0.5) is 11.9 Å². The molecule has 10 aromatic rings. The van der Waals surface area contributed by atoms with Crippen LogP contribution >= 0.6 is 69.6 Å². The average Bonchev–Trinajstić information content (AvgIpc) is 1.69. The van der Waals surface area contributed by atoms with Crippen LogP contribution in [0.2, 0.25) is 31.7 Å². The van der Waals surface area contributed by atoms with Gasteiger partial charge in [0.1, 0.15) is 36.4 Å². The Bertz CT molecular complexity index is 5250. The standard InChI is InChI=1S/C24H26N10O2.C18H18ClN9O.C10H13N5.C8H6Cl2N4O.C5H7NO.C5H9N.C3Cl3N3/c1-25-16-8-15(16)12-36-23-29-20(21(35)31-24-9-13(10-24)11-24)28-22(30-23)34-6-2-14(3-7-34)17-18-19(33-32-17)27-5-4-26-18;1-20-12-8-11(12)9-29-18-24-16(19)23-17(25-18)28-6-2-10(3-7-28)13-14-15(27-26-13)22-5-4-21-14;1-3-11-4-2-7(1)8-9-10(15-14-8)13-6-5-12-9;1-11-5-2-4(5)3-15-8-13-6(9)12-7(10)14-8;1-6-5-2-4(5)3-7;6-5-1-4(2-5)3-5;4-1-7-2(5)9-3(6)8-1/h4-5,13-16H,2-3,6-12H2,(H,31,35)(H,27,32,33);4-5,10-12H,2-3,6-9H2,(H,22,26,27);5-7,11H,1-4H2,(H,13,14,15);4-5H,2-3H2;4-5,7H,2-3H2;4H,1-3,6H2;/t13?,15-,16-,24?;11-,12-;;4?,5-;4-,5-;;/m11.11../s1. The minimum atomic E-state index is -0.274. The molecule has 13 aliphatic rings. The lowest BCUT2D eigenvalue weighted by atomic mass is 9.50. The van der Waals surface area contributed by atoms with Gasteiger partial charge in [0, 0.05) is 118 Å². The third-order valence-corrected chi connectivity index (χ3v) is 23.5. The molecule has 0 spiro atoms. The van der Waals surface area contributed by atoms with Gasteiger partial charge in [0.2, 0.25) is 73.6 Å². The van der Waals surface area contributed by atoms with Crippen molar-refractivity contribution in [2.45, 2.75) is 156 Å². The first-order valence-corrected chi connectivity index (χ1v) is 40.8. The molecule has 1 unspecified atom stereocenters. The number of carbonyl (C=O) groups is 1. The Labute approximate surface area is 699 Å². The van der Waals surface area contributed by atoms with Crippen molar-refractivity contribution in [1.29, 1.82) is 0 Å². The summed E-state index contributed by atoms with van der Waals surface area (Å²) in [6.45, 7) is 34.0. The zero-order valence-corrected chi connectivity index (χ0v) is 67.4. The van der Waals surface area contributed by atoms with Crippen LogP contribution in [0.15, 0.2) is 37.2 Å². The van der Waals surface area contributed by atoms with Gasteiger partial charge in [0.05, 0.1) is 47.4 Å². The highest BCUT2D eigenvalue weighted by molar-refractivity contribution is 6.33. The van der Waals surface area contributed by atoms with E-state index in [1.807, 2.05) is 0 Å². The van der Waals surface area contributed by atoms with E-state index in [2.05, 4.69) is 160 Å². The van der Waals surface area contributed by atoms with Crippen molar-refractivity contribution < 1.29 is 24.1 Å². The summed E-state index contributed by atoms with van der Waals surface area (Å²) in [5.41, 5.74) is 13.8. The number of aliphatic hydroxyl groups is 1. The number of ether oxygens (including phenoxy) is 3. The molecule has 23 rings (SSSR count). The molecule has 117 heavy (non-hydrogen) atoms. The van der Waals surface area contributed by atoms with Crippen LogP contribution in [0.3, 0.4) is 0 Å². The number of halogens is 6. The number of rotatable bonds is 17. The first kappa shape index (κ1) is 81.9. The molecule has 608 valence electrons. The number of fused-ring (bicyclic) bond motifs is 3. The molecular weight excluding hydrogens is 1630 g/mol. The number of nitrogens with two attached hydrogens (primary N) is 1. The molecule has 8 atom stereocenters. The van der Waals surface area contributed by atoms with Crippen molar-refractivity contribution in [1.82, 2.24) is 131 Å². The van der Waals surface area contributed by atoms with Crippen molar-refractivity contribution in [3.05, 3.63) is 137 Å². The molecule has 38 nitrogen and oxygen atoms in total. The maximum Gasteiger partial charge on any atom is 0.322 e. The Morgan fingerprint density at radius 3 is 1.14 bits per heavy atom. The van der Waals surface area contributed by atoms with Gasteiger partial charge in [-0.05, 0) is 172 Å². The molecule has 13 heterocycles. The molecule has 10 aliphatic carbocycles. The van der Waals surface area contributed by atoms with Crippen LogP contribution in [0.5, 0.6) is 18.0 Å². The lowest BCUT2D eigenvalue weighted by Gasteiger charge is -2.61. The third-order valence-electron chi connectivity index (χ3n) is 22.5. The number of anilines is 2. The van der Waals surface area contributed by atoms with Crippen LogP contribution in [0.1, 0.15) is 148 Å². The van der Waals surface area contributed by atoms with Gasteiger partial charge in [-0.3, -0.25) is 20.1 Å². The largest absolute Gasteiger partial charge is 0.463 e. The van der Waals surface area contributed by atoms with Gasteiger partial charge in [-0.25, -0.2) is 56.2 Å². The van der Waals surface area contributed by atoms with E-state index >= 15 is 0 Å². The number of amides is 1. The molecule has 13 fully saturated rings. The van der Waals surface area contributed by atoms with Gasteiger partial charge in [-0.1, -0.05) is 0 Å². The van der Waals surface area contributed by atoms with Crippen LogP contribution in [-0.2, 0) is 0 Å². The summed E-state index contributed by atoms with van der Waals surface area (Å²) >= 11 is 33.2. The molecular formula is C73H79Cl6N33O5. The predicted octanol–water partition coefficient (Wildman–Crippen LogP) is 9.45. The Kier molecular flexibility index (Phi) is 25.7. The summed E-state index contributed by atoms with van der Waals surface area (Å²) < 4.78 is 16.8. The van der Waals surface area contributed by atoms with E-state index in [-0.39, 0.29) is 121 Å². The lowest BCUT2D eigenvalue weighted by Crippen LogP contribution is -2.68. The van der Waals surface area contributed by atoms with Gasteiger partial charge in [0.25, 0.3) is 5.91 Å². The third kappa shape index (κ3) is 20.8. The van der Waals surface area contributed by atoms with E-state index in [4.69, 9.17) is 121 Å². The number of carbonyl (C=O) groups excluding carboxylic acids is 1. The Morgan fingerprint density at radius 1 is 0.462 bits per heavy atom. The van der Waals surface area contributed by atoms with Gasteiger partial charge in [0.15, 0.2) is 16.9 Å². The van der Waals surface area contributed by atoms with Gasteiger partial charge in [-0.15, -0.1) is 0 Å². The molecule has 1 amide bonds. The number of H-pyrrole nitrogens is 3. The van der Waals surface area contributed by atoms with Gasteiger partial charge in [-0.2, -0.15) is 75.1 Å². The number of aliphatic hydroxyl groups excluding tert-OH is 1. The Balaban J connectivity index is 0.000000117. The number of aromatic nitrogens is 24. The van der Waals surface area contributed by atoms with Gasteiger partial charge < -0.3 is 64.9 Å². The smallest absolute Gasteiger partial charge is 0.322 e. The van der Waals surface area contributed by atoms with E-state index in [0.29, 0.717) is 79.4 Å². The van der Waals surface area contributed by atoms with Gasteiger partial charge >= 0.3 is 18.0 Å². The molecule has 0 radical (unpaired) electrons. The molecule has 44 heteroatoms. The number of hydrogen-bond acceptors (Lipinski definition) is 30. The highest BCUT2D eigenvalue weighted by Gasteiger charge is 2.58. The minimum Gasteiger partial charge on any atom is -0.463 e. The maximum atomic E-state index is 13.0. The van der Waals surface area contributed by atoms with E-state index in [0.717, 1.165) is 161 Å². The highest BCUT2D eigenvalue weighted by atomic mass is 35.5. The molecule has 4 bridgehead atoms. The Morgan fingerprint density at radius 2 is 0.795 bits per heavy atom. The minimum absolute atomic E-state index is 0.000000000000000444. The second kappa shape index (κ2) is 36.7. The fourth-order valence-corrected chi connectivity index (χ4v) is 16.3. The number of aromatic amines is 3. The summed E-state index contributed by atoms with van der Waals surface area (Å²) in [4.78, 5) is 104. The number of nitrogens with one attached hydrogen (secondary N) is 5. The normalized spacial score (nSPS) is 25.7. The topological polar surface area (TPSA) is 457 Å². The second-order valence-corrected chi connectivity index (χ2v) is 32.8. The van der Waals surface area contributed by atoms with Crippen molar-refractivity contribution >= 4 is 121 Å². The average molecular weight is 1710 g/mol. The van der Waals surface area contributed by atoms with E-state index < -0.39 is 0 Å². The summed E-state index contributed by atoms with van der Waals surface area (Å²) in [7, 11) is 0. The number of nitrogens with zero attached hydrogens (tertiary/aromatic N) is 27. The summed E-state index contributed by atoms with van der Waals surface area (Å²) in [5.74, 6) is 4.79. The monoisotopic (exact) mass is 1710 g/mol. The lowest BCUT2D eigenvalue weighted by molar-refractivity contribution is -0.0441. The fraction of sp³-hybridized carbons (Fsp3) is 0.562. The van der Waals surface area contributed by atoms with E-state index in [1.54, 1.807) is 37.2 Å². The number of hydrogen-bond donors (Lipinski definition) is 7. The fourth-order valence-electron chi connectivity index (χ4n) is 15.2. The first-order chi connectivity index (χ1) is 56.8. The van der Waals surface area contributed by atoms with Crippen molar-refractivity contribution in [2.75, 3.05) is 75.5 Å². The molecule has 3 saturated heterocycles. The maximum absolute atomic E-state index is 13.0. The zero-order chi connectivity index (χ0) is 81.3. The number of piperidine rings is 3. The van der Waals surface area contributed by atoms with Crippen LogP contribution in [-0.4, -0.2) is 232 Å². The van der Waals surface area contributed by atoms with Crippen LogP contribution < -0.4 is 40.4 Å². The Hall–Kier alpha value is -10.3. The highest BCUT2D eigenvalue weighted by Crippen LogP contribution is 2.57. The first-order valence-electron chi connectivity index (χ1n) is 38.5. The second-order valence-electron chi connectivity index (χ2n) is 30.8. The van der Waals surface area contributed by atoms with Crippen molar-refractivity contribution in [2.24, 2.45) is 41.2 Å². The predicted molar refractivity (Wildman–Crippen MR) is 427 cm³/mol. The summed E-state index contributed by atoms with van der Waals surface area (Å²) in [6.07, 6.45) is 26.5. The SMILES string of the molecule is Clc1nc(Cl)nc(Cl)n1.NC12CC(C1)C2.[C-]#[N+][C@@H]1CC1COc1nc(Cl)nc(Cl)n1.[C-]#[N+][C@@H]1C[C@@H]1CO.[C-]#[N+][C@@H]1C[C@@H]1COc1nc(C(=O)NC23CC(C2)C3)nc(N2CCC(c3[nH]nc4nccnc34)CC2)n1.[C-]#[N+][C@@H]1C[C@@H]1COc1nc(Cl)nc(N2CCC(c3[nH]nc4nccnc34)CC2)n1.c1cnc2c(C3CCNCC3)[nH]nc2n1. The zero-order valence-electron chi connectivity index (χ0n) is 62.9. The molecule has 10 aromatic heterocycles. The van der Waals surface area contributed by atoms with Crippen LogP contribution in [0.25, 0.3) is 52.9 Å². The summed E-state index contributed by atoms with van der Waals surface area (Å²) in [6, 6.07) is 0.788. The quantitative estimate of drug-likeness (QED) is 0.0417. The van der Waals surface area contributed by atoms with E-state index in [1.165, 1.54) is 19.3 Å². The van der Waals surface area contributed by atoms with E-state index in [9.17, 15) is 4.79 Å².